The second kappa shape index (κ2) is 29.7. The van der Waals surface area contributed by atoms with Crippen molar-refractivity contribution in [1.29, 1.82) is 0 Å². The Bertz CT molecular complexity index is 715. The fraction of sp³-hybridized carbons (Fsp3) is 0.951. The van der Waals surface area contributed by atoms with E-state index in [-0.39, 0.29) is 41.2 Å². The van der Waals surface area contributed by atoms with Crippen LogP contribution in [-0.4, -0.2) is 61.4 Å². The highest BCUT2D eigenvalue weighted by atomic mass is 16.5. The number of rotatable bonds is 18. The highest BCUT2D eigenvalue weighted by molar-refractivity contribution is 5.72. The molecule has 0 heterocycles. The number of aliphatic hydroxyl groups excluding tert-OH is 1. The molecule has 282 valence electrons. The van der Waals surface area contributed by atoms with Crippen molar-refractivity contribution in [1.82, 2.24) is 4.90 Å². The van der Waals surface area contributed by atoms with Gasteiger partial charge in [0.25, 0.3) is 0 Å². The van der Waals surface area contributed by atoms with Gasteiger partial charge in [-0.2, -0.15) is 0 Å². The van der Waals surface area contributed by atoms with Crippen LogP contribution >= 0.6 is 0 Å². The van der Waals surface area contributed by atoms with E-state index in [4.69, 9.17) is 9.47 Å². The highest BCUT2D eigenvalue weighted by Gasteiger charge is 2.40. The second-order valence-corrected chi connectivity index (χ2v) is 15.3. The lowest BCUT2D eigenvalue weighted by Gasteiger charge is -2.44. The minimum absolute atomic E-state index is 0.0187. The lowest BCUT2D eigenvalue weighted by Crippen LogP contribution is -2.47. The van der Waals surface area contributed by atoms with Crippen molar-refractivity contribution in [3.63, 3.8) is 0 Å². The topological polar surface area (TPSA) is 76.1 Å². The molecular weight excluding hydrogens is 586 g/mol. The lowest BCUT2D eigenvalue weighted by molar-refractivity contribution is -0.155. The molecule has 6 nitrogen and oxygen atoms in total. The van der Waals surface area contributed by atoms with E-state index in [9.17, 15) is 14.7 Å². The maximum Gasteiger partial charge on any atom is 0.308 e. The molecule has 2 aliphatic rings. The van der Waals surface area contributed by atoms with Gasteiger partial charge in [-0.3, -0.25) is 9.59 Å². The number of unbranched alkanes of at least 4 members (excludes halogenated alkanes) is 4. The summed E-state index contributed by atoms with van der Waals surface area (Å²) in [6.07, 6.45) is 19.8. The summed E-state index contributed by atoms with van der Waals surface area (Å²) in [6.45, 7) is 27.1. The summed E-state index contributed by atoms with van der Waals surface area (Å²) in [4.78, 5) is 27.2. The van der Waals surface area contributed by atoms with E-state index in [1.807, 2.05) is 13.8 Å². The van der Waals surface area contributed by atoms with E-state index in [0.29, 0.717) is 25.7 Å². The van der Waals surface area contributed by atoms with E-state index in [2.05, 4.69) is 67.2 Å². The predicted octanol–water partition coefficient (Wildman–Crippen LogP) is 11.0. The largest absolute Gasteiger partial charge is 0.465 e. The van der Waals surface area contributed by atoms with Gasteiger partial charge in [0.2, 0.25) is 0 Å². The van der Waals surface area contributed by atoms with Crippen LogP contribution in [0.3, 0.4) is 0 Å². The van der Waals surface area contributed by atoms with Crippen LogP contribution in [0.4, 0.5) is 0 Å². The third-order valence-electron chi connectivity index (χ3n) is 10.2. The number of esters is 2. The highest BCUT2D eigenvalue weighted by Crippen LogP contribution is 2.40. The number of carbonyl (C=O) groups excluding carboxylic acids is 2. The summed E-state index contributed by atoms with van der Waals surface area (Å²) in [5, 5.41) is 9.68. The van der Waals surface area contributed by atoms with E-state index in [1.165, 1.54) is 51.4 Å². The summed E-state index contributed by atoms with van der Waals surface area (Å²) in [5.74, 6) is 0.470. The zero-order valence-electron chi connectivity index (χ0n) is 33.5. The molecule has 1 N–H and O–H groups in total. The minimum atomic E-state index is -0.205. The van der Waals surface area contributed by atoms with E-state index >= 15 is 0 Å². The first-order chi connectivity index (χ1) is 22.4. The van der Waals surface area contributed by atoms with Gasteiger partial charge in [-0.1, -0.05) is 153 Å². The van der Waals surface area contributed by atoms with Crippen molar-refractivity contribution < 1.29 is 24.2 Å². The Hall–Kier alpha value is -1.14. The first-order valence-corrected chi connectivity index (χ1v) is 20.0. The number of hydrogen-bond acceptors (Lipinski definition) is 6. The van der Waals surface area contributed by atoms with Crippen LogP contribution in [0.1, 0.15) is 185 Å². The molecule has 2 aliphatic carbocycles. The van der Waals surface area contributed by atoms with Crippen molar-refractivity contribution in [3.8, 4) is 0 Å². The summed E-state index contributed by atoms with van der Waals surface area (Å²) in [5.41, 5.74) is -0.327. The molecule has 1 unspecified atom stereocenters. The Morgan fingerprint density at radius 3 is 1.53 bits per heavy atom. The second-order valence-electron chi connectivity index (χ2n) is 15.3. The minimum Gasteiger partial charge on any atom is -0.465 e. The SMILES string of the molecule is CC.CC(CCOC(=O)C1CCCCC1)CN(CCO)CC(C)(C)C(C)(C)COC(=O)C1CCCCC1.CCCCC.CCCCC. The standard InChI is InChI=1S/C29H53NO5.2C5H12.C2H6/c1-23(16-19-34-26(32)24-12-8-6-9-13-24)20-30(17-18-31)21-28(2,3)29(4,5)22-35-27(33)25-14-10-7-11-15-25;2*1-3-5-4-2;1-2/h23-25,31H,6-22H2,1-5H3;2*3-5H2,1-2H3;1-2H3. The molecule has 2 fully saturated rings. The van der Waals surface area contributed by atoms with Gasteiger partial charge in [0.15, 0.2) is 0 Å². The lowest BCUT2D eigenvalue weighted by atomic mass is 9.68. The average molecular weight is 670 g/mol. The fourth-order valence-electron chi connectivity index (χ4n) is 6.11. The van der Waals surface area contributed by atoms with Crippen LogP contribution < -0.4 is 0 Å². The van der Waals surface area contributed by atoms with Gasteiger partial charge < -0.3 is 19.5 Å². The molecule has 0 aromatic heterocycles. The Labute approximate surface area is 293 Å². The van der Waals surface area contributed by atoms with Gasteiger partial charge >= 0.3 is 11.9 Å². The Kier molecular flexibility index (Phi) is 30.4. The molecule has 0 aliphatic heterocycles. The predicted molar refractivity (Wildman–Crippen MR) is 202 cm³/mol. The van der Waals surface area contributed by atoms with Crippen LogP contribution in [0.2, 0.25) is 0 Å². The van der Waals surface area contributed by atoms with Crippen molar-refractivity contribution in [2.24, 2.45) is 28.6 Å². The van der Waals surface area contributed by atoms with Crippen LogP contribution in [0.15, 0.2) is 0 Å². The molecule has 0 amide bonds. The third kappa shape index (κ3) is 23.0. The summed E-state index contributed by atoms with van der Waals surface area (Å²) < 4.78 is 11.4. The number of ether oxygens (including phenoxy) is 2. The molecule has 0 aromatic rings. The quantitative estimate of drug-likeness (QED) is 0.146. The summed E-state index contributed by atoms with van der Waals surface area (Å²) in [7, 11) is 0. The summed E-state index contributed by atoms with van der Waals surface area (Å²) in [6, 6.07) is 0. The van der Waals surface area contributed by atoms with Gasteiger partial charge in [-0.15, -0.1) is 0 Å². The van der Waals surface area contributed by atoms with Gasteiger partial charge in [0.1, 0.15) is 0 Å². The van der Waals surface area contributed by atoms with Gasteiger partial charge in [0, 0.05) is 25.0 Å². The van der Waals surface area contributed by atoms with Crippen molar-refractivity contribution >= 4 is 11.9 Å². The molecule has 0 bridgehead atoms. The van der Waals surface area contributed by atoms with Crippen LogP contribution in [0.5, 0.6) is 0 Å². The maximum atomic E-state index is 12.6. The molecule has 0 aromatic carbocycles. The molecule has 2 rings (SSSR count). The monoisotopic (exact) mass is 670 g/mol. The van der Waals surface area contributed by atoms with Gasteiger partial charge in [-0.05, 0) is 43.4 Å². The molecule has 1 atom stereocenters. The first kappa shape index (κ1) is 48.0. The van der Waals surface area contributed by atoms with Gasteiger partial charge in [-0.25, -0.2) is 0 Å². The van der Waals surface area contributed by atoms with Crippen LogP contribution in [-0.2, 0) is 19.1 Å². The van der Waals surface area contributed by atoms with Crippen molar-refractivity contribution in [2.45, 2.75) is 185 Å². The molecule has 2 saturated carbocycles. The average Bonchev–Trinajstić information content (AvgIpc) is 3.06. The zero-order chi connectivity index (χ0) is 36.1. The molecule has 47 heavy (non-hydrogen) atoms. The molecule has 0 saturated heterocycles. The zero-order valence-corrected chi connectivity index (χ0v) is 33.5. The number of carbonyl (C=O) groups is 2. The Morgan fingerprint density at radius 2 is 1.15 bits per heavy atom. The normalized spacial score (nSPS) is 16.4. The fourth-order valence-corrected chi connectivity index (χ4v) is 6.11. The molecule has 6 heteroatoms. The van der Waals surface area contributed by atoms with Crippen molar-refractivity contribution in [2.75, 3.05) is 39.5 Å². The molecule has 0 radical (unpaired) electrons. The smallest absolute Gasteiger partial charge is 0.308 e. The summed E-state index contributed by atoms with van der Waals surface area (Å²) >= 11 is 0. The van der Waals surface area contributed by atoms with E-state index in [0.717, 1.165) is 70.9 Å². The van der Waals surface area contributed by atoms with E-state index < -0.39 is 0 Å². The third-order valence-corrected chi connectivity index (χ3v) is 10.2. The maximum absolute atomic E-state index is 12.6. The molecule has 0 spiro atoms. The van der Waals surface area contributed by atoms with Gasteiger partial charge in [0.05, 0.1) is 31.7 Å². The Morgan fingerprint density at radius 1 is 0.723 bits per heavy atom. The number of aliphatic hydroxyl groups is 1. The van der Waals surface area contributed by atoms with Crippen molar-refractivity contribution in [3.05, 3.63) is 0 Å². The molecular formula is C41H83NO5. The van der Waals surface area contributed by atoms with Crippen LogP contribution in [0, 0.1) is 28.6 Å². The number of nitrogens with zero attached hydrogens (tertiary/aromatic N) is 1. The first-order valence-electron chi connectivity index (χ1n) is 20.0. The number of hydrogen-bond donors (Lipinski definition) is 1. The van der Waals surface area contributed by atoms with Crippen LogP contribution in [0.25, 0.3) is 0 Å². The Balaban J connectivity index is 0. The van der Waals surface area contributed by atoms with E-state index in [1.54, 1.807) is 0 Å².